The first-order valence-electron chi connectivity index (χ1n) is 5.37. The van der Waals surface area contributed by atoms with E-state index in [1.54, 1.807) is 6.07 Å². The van der Waals surface area contributed by atoms with E-state index < -0.39 is 11.6 Å². The van der Waals surface area contributed by atoms with E-state index in [2.05, 4.69) is 15.4 Å². The molecule has 0 amide bonds. The van der Waals surface area contributed by atoms with Crippen LogP contribution in [0.15, 0.2) is 35.0 Å². The number of nitrogens with one attached hydrogen (secondary N) is 1. The molecule has 5 nitrogen and oxygen atoms in total. The van der Waals surface area contributed by atoms with Crippen LogP contribution in [0.3, 0.4) is 0 Å². The van der Waals surface area contributed by atoms with Gasteiger partial charge in [-0.25, -0.2) is 8.78 Å². The standard InChI is InChI=1S/C12H8F2N4O/c13-6-1-2-7(8(14)5-6)10-11(19-18-12(10)15)9-3-4-16-17-9/h1-5H,(H2,15,18)(H,16,17). The average Bonchev–Trinajstić information content (AvgIpc) is 2.99. The van der Waals surface area contributed by atoms with Crippen LogP contribution in [-0.2, 0) is 0 Å². The maximum atomic E-state index is 13.8. The minimum absolute atomic E-state index is 0.0232. The maximum absolute atomic E-state index is 13.8. The smallest absolute Gasteiger partial charge is 0.194 e. The molecule has 3 N–H and O–H groups in total. The number of nitrogens with two attached hydrogens (primary N) is 1. The number of benzene rings is 1. The molecule has 7 heteroatoms. The molecule has 96 valence electrons. The summed E-state index contributed by atoms with van der Waals surface area (Å²) in [6, 6.07) is 4.83. The Morgan fingerprint density at radius 1 is 1.21 bits per heavy atom. The molecule has 0 bridgehead atoms. The number of aromatic amines is 1. The number of H-pyrrole nitrogens is 1. The van der Waals surface area contributed by atoms with Gasteiger partial charge in [0.15, 0.2) is 11.6 Å². The van der Waals surface area contributed by atoms with Crippen molar-refractivity contribution in [1.82, 2.24) is 15.4 Å². The van der Waals surface area contributed by atoms with Gasteiger partial charge in [-0.05, 0) is 18.2 Å². The summed E-state index contributed by atoms with van der Waals surface area (Å²) in [7, 11) is 0. The Morgan fingerprint density at radius 3 is 2.74 bits per heavy atom. The molecular weight excluding hydrogens is 254 g/mol. The first-order valence-corrected chi connectivity index (χ1v) is 5.37. The number of halogens is 2. The highest BCUT2D eigenvalue weighted by atomic mass is 19.1. The van der Waals surface area contributed by atoms with Gasteiger partial charge in [0.1, 0.15) is 17.3 Å². The van der Waals surface area contributed by atoms with E-state index in [4.69, 9.17) is 10.3 Å². The number of aromatic nitrogens is 3. The minimum Gasteiger partial charge on any atom is -0.380 e. The van der Waals surface area contributed by atoms with Gasteiger partial charge in [0, 0.05) is 17.8 Å². The zero-order valence-corrected chi connectivity index (χ0v) is 9.52. The predicted molar refractivity (Wildman–Crippen MR) is 63.8 cm³/mol. The van der Waals surface area contributed by atoms with Gasteiger partial charge >= 0.3 is 0 Å². The van der Waals surface area contributed by atoms with Crippen LogP contribution in [0.1, 0.15) is 0 Å². The van der Waals surface area contributed by atoms with E-state index in [1.165, 1.54) is 12.3 Å². The molecule has 2 heterocycles. The molecular formula is C12H8F2N4O. The molecule has 0 unspecified atom stereocenters. The third-order valence-electron chi connectivity index (χ3n) is 2.66. The van der Waals surface area contributed by atoms with Crippen molar-refractivity contribution in [2.75, 3.05) is 5.73 Å². The molecule has 0 atom stereocenters. The Kier molecular flexibility index (Phi) is 2.52. The van der Waals surface area contributed by atoms with Crippen molar-refractivity contribution in [2.24, 2.45) is 0 Å². The lowest BCUT2D eigenvalue weighted by molar-refractivity contribution is 0.434. The number of anilines is 1. The third-order valence-corrected chi connectivity index (χ3v) is 2.66. The Bertz CT molecular complexity index is 721. The second-order valence-corrected chi connectivity index (χ2v) is 3.87. The molecule has 0 aliphatic carbocycles. The highest BCUT2D eigenvalue weighted by molar-refractivity contribution is 5.85. The average molecular weight is 262 g/mol. The van der Waals surface area contributed by atoms with Crippen molar-refractivity contribution in [1.29, 1.82) is 0 Å². The predicted octanol–water partition coefficient (Wildman–Crippen LogP) is 2.59. The molecule has 0 aliphatic rings. The van der Waals surface area contributed by atoms with E-state index in [0.29, 0.717) is 5.69 Å². The molecule has 1 aromatic carbocycles. The number of nitrogen functional groups attached to an aromatic ring is 1. The molecule has 19 heavy (non-hydrogen) atoms. The number of rotatable bonds is 2. The van der Waals surface area contributed by atoms with Crippen LogP contribution >= 0.6 is 0 Å². The highest BCUT2D eigenvalue weighted by Gasteiger charge is 2.21. The van der Waals surface area contributed by atoms with Crippen molar-refractivity contribution in [3.05, 3.63) is 42.1 Å². The van der Waals surface area contributed by atoms with E-state index in [9.17, 15) is 8.78 Å². The summed E-state index contributed by atoms with van der Waals surface area (Å²) in [5.41, 5.74) is 6.57. The summed E-state index contributed by atoms with van der Waals surface area (Å²) >= 11 is 0. The SMILES string of the molecule is Nc1noc(-c2ccn[nH]2)c1-c1ccc(F)cc1F. The monoisotopic (exact) mass is 262 g/mol. The topological polar surface area (TPSA) is 80.7 Å². The van der Waals surface area contributed by atoms with Crippen molar-refractivity contribution >= 4 is 5.82 Å². The van der Waals surface area contributed by atoms with Gasteiger partial charge in [0.05, 0.1) is 5.56 Å². The van der Waals surface area contributed by atoms with Gasteiger partial charge in [-0.15, -0.1) is 0 Å². The Balaban J connectivity index is 2.22. The lowest BCUT2D eigenvalue weighted by Gasteiger charge is -2.03. The van der Waals surface area contributed by atoms with Crippen LogP contribution in [0.2, 0.25) is 0 Å². The van der Waals surface area contributed by atoms with Gasteiger partial charge in [-0.2, -0.15) is 5.10 Å². The summed E-state index contributed by atoms with van der Waals surface area (Å²) in [4.78, 5) is 0. The third kappa shape index (κ3) is 1.85. The molecule has 0 aliphatic heterocycles. The van der Waals surface area contributed by atoms with Crippen LogP contribution in [0.5, 0.6) is 0 Å². The minimum atomic E-state index is -0.740. The summed E-state index contributed by atoms with van der Waals surface area (Å²) < 4.78 is 31.8. The zero-order valence-electron chi connectivity index (χ0n) is 9.52. The Labute approximate surface area is 106 Å². The van der Waals surface area contributed by atoms with E-state index >= 15 is 0 Å². The Morgan fingerprint density at radius 2 is 2.05 bits per heavy atom. The van der Waals surface area contributed by atoms with Crippen LogP contribution in [0.4, 0.5) is 14.6 Å². The molecule has 0 saturated heterocycles. The zero-order chi connectivity index (χ0) is 13.4. The number of hydrogen-bond acceptors (Lipinski definition) is 4. The van der Waals surface area contributed by atoms with Crippen LogP contribution in [0.25, 0.3) is 22.6 Å². The van der Waals surface area contributed by atoms with E-state index in [-0.39, 0.29) is 22.7 Å². The molecule has 0 radical (unpaired) electrons. The van der Waals surface area contributed by atoms with E-state index in [1.807, 2.05) is 0 Å². The first kappa shape index (κ1) is 11.4. The van der Waals surface area contributed by atoms with Crippen molar-refractivity contribution < 1.29 is 13.3 Å². The van der Waals surface area contributed by atoms with Crippen molar-refractivity contribution in [3.63, 3.8) is 0 Å². The largest absolute Gasteiger partial charge is 0.380 e. The molecule has 0 fully saturated rings. The van der Waals surface area contributed by atoms with Gasteiger partial charge in [-0.3, -0.25) is 5.10 Å². The number of nitrogens with zero attached hydrogens (tertiary/aromatic N) is 2. The quantitative estimate of drug-likeness (QED) is 0.743. The van der Waals surface area contributed by atoms with Gasteiger partial charge < -0.3 is 10.3 Å². The van der Waals surface area contributed by atoms with Crippen molar-refractivity contribution in [2.45, 2.75) is 0 Å². The summed E-state index contributed by atoms with van der Waals surface area (Å²) in [5.74, 6) is -1.13. The fraction of sp³-hybridized carbons (Fsp3) is 0. The lowest BCUT2D eigenvalue weighted by Crippen LogP contribution is -1.92. The van der Waals surface area contributed by atoms with Crippen molar-refractivity contribution in [3.8, 4) is 22.6 Å². The second-order valence-electron chi connectivity index (χ2n) is 3.87. The molecule has 3 rings (SSSR count). The maximum Gasteiger partial charge on any atom is 0.194 e. The molecule has 0 saturated carbocycles. The summed E-state index contributed by atoms with van der Waals surface area (Å²) in [5, 5.41) is 10.1. The van der Waals surface area contributed by atoms with Gasteiger partial charge in [0.25, 0.3) is 0 Å². The highest BCUT2D eigenvalue weighted by Crippen LogP contribution is 2.36. The molecule has 0 spiro atoms. The molecule has 2 aromatic heterocycles. The van der Waals surface area contributed by atoms with Gasteiger partial charge in [-0.1, -0.05) is 5.16 Å². The van der Waals surface area contributed by atoms with Gasteiger partial charge in [0.2, 0.25) is 0 Å². The normalized spacial score (nSPS) is 10.8. The fourth-order valence-electron chi connectivity index (χ4n) is 1.82. The summed E-state index contributed by atoms with van der Waals surface area (Å²) in [6.07, 6.45) is 1.51. The van der Waals surface area contributed by atoms with Crippen LogP contribution in [0, 0.1) is 11.6 Å². The van der Waals surface area contributed by atoms with Crippen LogP contribution < -0.4 is 5.73 Å². The Hall–Kier alpha value is -2.70. The van der Waals surface area contributed by atoms with E-state index in [0.717, 1.165) is 12.1 Å². The number of hydrogen-bond donors (Lipinski definition) is 2. The summed E-state index contributed by atoms with van der Waals surface area (Å²) in [6.45, 7) is 0. The lowest BCUT2D eigenvalue weighted by atomic mass is 10.0. The fourth-order valence-corrected chi connectivity index (χ4v) is 1.82. The van der Waals surface area contributed by atoms with Crippen LogP contribution in [-0.4, -0.2) is 15.4 Å². The first-order chi connectivity index (χ1) is 9.16. The second kappa shape index (κ2) is 4.20. The molecule has 3 aromatic rings.